The molecule has 2 nitrogen and oxygen atoms in total. The Morgan fingerprint density at radius 3 is 3.00 bits per heavy atom. The molecule has 1 fully saturated rings. The third kappa shape index (κ3) is 2.09. The molecule has 0 aliphatic carbocycles. The summed E-state index contributed by atoms with van der Waals surface area (Å²) < 4.78 is 6.56. The number of hydrogen-bond donors (Lipinski definition) is 0. The predicted molar refractivity (Wildman–Crippen MR) is 72.4 cm³/mol. The number of rotatable bonds is 1. The van der Waals surface area contributed by atoms with Crippen molar-refractivity contribution >= 4 is 26.8 Å². The molecule has 3 heteroatoms. The molecule has 1 aliphatic rings. The van der Waals surface area contributed by atoms with Crippen molar-refractivity contribution in [2.45, 2.75) is 19.3 Å². The van der Waals surface area contributed by atoms with E-state index in [1.165, 1.54) is 16.5 Å². The first-order valence-corrected chi connectivity index (χ1v) is 6.67. The molecule has 1 atom stereocenters. The second-order valence-electron chi connectivity index (χ2n) is 4.64. The second kappa shape index (κ2) is 4.39. The van der Waals surface area contributed by atoms with Crippen LogP contribution in [-0.2, 0) is 4.74 Å². The van der Waals surface area contributed by atoms with Gasteiger partial charge in [-0.2, -0.15) is 0 Å². The number of aryl methyl sites for hydroxylation is 1. The van der Waals surface area contributed by atoms with E-state index in [-0.39, 0.29) is 0 Å². The van der Waals surface area contributed by atoms with E-state index in [9.17, 15) is 0 Å². The van der Waals surface area contributed by atoms with Gasteiger partial charge in [0.25, 0.3) is 0 Å². The van der Waals surface area contributed by atoms with E-state index < -0.39 is 0 Å². The summed E-state index contributed by atoms with van der Waals surface area (Å²) in [6.45, 7) is 3.79. The summed E-state index contributed by atoms with van der Waals surface area (Å²) in [5, 5.41) is 1.19. The molecule has 3 rings (SSSR count). The molecule has 0 saturated carbocycles. The lowest BCUT2D eigenvalue weighted by Crippen LogP contribution is -1.98. The zero-order chi connectivity index (χ0) is 11.8. The minimum absolute atomic E-state index is 0.514. The molecule has 1 unspecified atom stereocenters. The SMILES string of the molecule is Cc1cc(Br)c2cc(C3CCOC3)cnc2c1. The van der Waals surface area contributed by atoms with Crippen LogP contribution in [-0.4, -0.2) is 18.2 Å². The van der Waals surface area contributed by atoms with Crippen LogP contribution >= 0.6 is 15.9 Å². The van der Waals surface area contributed by atoms with E-state index in [1.807, 2.05) is 6.20 Å². The molecule has 0 amide bonds. The number of hydrogen-bond acceptors (Lipinski definition) is 2. The Bertz CT molecular complexity index is 561. The number of nitrogens with zero attached hydrogens (tertiary/aromatic N) is 1. The van der Waals surface area contributed by atoms with Gasteiger partial charge in [-0.15, -0.1) is 0 Å². The first kappa shape index (κ1) is 11.2. The topological polar surface area (TPSA) is 22.1 Å². The highest BCUT2D eigenvalue weighted by molar-refractivity contribution is 9.10. The average molecular weight is 292 g/mol. The summed E-state index contributed by atoms with van der Waals surface area (Å²) in [6, 6.07) is 6.50. The van der Waals surface area contributed by atoms with Gasteiger partial charge in [-0.25, -0.2) is 0 Å². The lowest BCUT2D eigenvalue weighted by Gasteiger charge is -2.10. The minimum atomic E-state index is 0.514. The molecule has 17 heavy (non-hydrogen) atoms. The molecule has 0 bridgehead atoms. The van der Waals surface area contributed by atoms with E-state index in [4.69, 9.17) is 4.74 Å². The summed E-state index contributed by atoms with van der Waals surface area (Å²) >= 11 is 3.62. The van der Waals surface area contributed by atoms with Gasteiger partial charge in [0.05, 0.1) is 12.1 Å². The van der Waals surface area contributed by atoms with Crippen molar-refractivity contribution < 1.29 is 4.74 Å². The van der Waals surface area contributed by atoms with Gasteiger partial charge in [0.15, 0.2) is 0 Å². The summed E-state index contributed by atoms with van der Waals surface area (Å²) in [6.07, 6.45) is 3.10. The van der Waals surface area contributed by atoms with Gasteiger partial charge in [-0.05, 0) is 42.7 Å². The molecule has 0 spiro atoms. The zero-order valence-corrected chi connectivity index (χ0v) is 11.3. The highest BCUT2D eigenvalue weighted by Gasteiger charge is 2.18. The maximum absolute atomic E-state index is 5.43. The van der Waals surface area contributed by atoms with Crippen LogP contribution in [0.3, 0.4) is 0 Å². The van der Waals surface area contributed by atoms with Crippen LogP contribution in [0.15, 0.2) is 28.9 Å². The molecule has 1 aliphatic heterocycles. The minimum Gasteiger partial charge on any atom is -0.381 e. The standard InChI is InChI=1S/C14H14BrNO/c1-9-4-13(15)12-6-11(7-16-14(12)5-9)10-2-3-17-8-10/h4-7,10H,2-3,8H2,1H3. The van der Waals surface area contributed by atoms with Crippen LogP contribution in [0, 0.1) is 6.92 Å². The Kier molecular flexibility index (Phi) is 2.89. The van der Waals surface area contributed by atoms with Gasteiger partial charge < -0.3 is 4.74 Å². The lowest BCUT2D eigenvalue weighted by molar-refractivity contribution is 0.194. The number of pyridine rings is 1. The van der Waals surface area contributed by atoms with Gasteiger partial charge in [0.2, 0.25) is 0 Å². The smallest absolute Gasteiger partial charge is 0.0716 e. The maximum atomic E-state index is 5.43. The van der Waals surface area contributed by atoms with Gasteiger partial charge in [0, 0.05) is 28.6 Å². The molecule has 88 valence electrons. The molecular weight excluding hydrogens is 278 g/mol. The van der Waals surface area contributed by atoms with Crippen LogP contribution in [0.1, 0.15) is 23.5 Å². The molecule has 1 saturated heterocycles. The maximum Gasteiger partial charge on any atom is 0.0716 e. The Labute approximate surface area is 109 Å². The largest absolute Gasteiger partial charge is 0.381 e. The number of fused-ring (bicyclic) bond motifs is 1. The van der Waals surface area contributed by atoms with Gasteiger partial charge in [-0.3, -0.25) is 4.98 Å². The van der Waals surface area contributed by atoms with Crippen LogP contribution in [0.5, 0.6) is 0 Å². The second-order valence-corrected chi connectivity index (χ2v) is 5.50. The fourth-order valence-electron chi connectivity index (χ4n) is 2.35. The van der Waals surface area contributed by atoms with Gasteiger partial charge in [-0.1, -0.05) is 15.9 Å². The number of ether oxygens (including phenoxy) is 1. The van der Waals surface area contributed by atoms with Crippen molar-refractivity contribution in [3.8, 4) is 0 Å². The first-order chi connectivity index (χ1) is 8.24. The fourth-order valence-corrected chi connectivity index (χ4v) is 3.03. The average Bonchev–Trinajstić information content (AvgIpc) is 2.82. The fraction of sp³-hybridized carbons (Fsp3) is 0.357. The number of aromatic nitrogens is 1. The zero-order valence-electron chi connectivity index (χ0n) is 9.74. The van der Waals surface area contributed by atoms with Crippen LogP contribution < -0.4 is 0 Å². The summed E-state index contributed by atoms with van der Waals surface area (Å²) in [4.78, 5) is 4.56. The van der Waals surface area contributed by atoms with Crippen LogP contribution in [0.2, 0.25) is 0 Å². The Morgan fingerprint density at radius 2 is 2.24 bits per heavy atom. The number of benzene rings is 1. The molecule has 0 N–H and O–H groups in total. The Morgan fingerprint density at radius 1 is 1.35 bits per heavy atom. The normalized spacial score (nSPS) is 20.0. The third-order valence-electron chi connectivity index (χ3n) is 3.32. The highest BCUT2D eigenvalue weighted by atomic mass is 79.9. The van der Waals surface area contributed by atoms with Crippen molar-refractivity contribution in [3.63, 3.8) is 0 Å². The van der Waals surface area contributed by atoms with Crippen molar-refractivity contribution in [2.24, 2.45) is 0 Å². The van der Waals surface area contributed by atoms with E-state index >= 15 is 0 Å². The summed E-state index contributed by atoms with van der Waals surface area (Å²) in [5.74, 6) is 0.514. The Balaban J connectivity index is 2.11. The van der Waals surface area contributed by atoms with Crippen LogP contribution in [0.25, 0.3) is 10.9 Å². The molecule has 0 radical (unpaired) electrons. The molecule has 2 aromatic rings. The predicted octanol–water partition coefficient (Wildman–Crippen LogP) is 3.81. The third-order valence-corrected chi connectivity index (χ3v) is 3.97. The quantitative estimate of drug-likeness (QED) is 0.797. The van der Waals surface area contributed by atoms with Crippen molar-refractivity contribution in [1.82, 2.24) is 4.98 Å². The van der Waals surface area contributed by atoms with Crippen LogP contribution in [0.4, 0.5) is 0 Å². The Hall–Kier alpha value is -0.930. The van der Waals surface area contributed by atoms with E-state index in [0.29, 0.717) is 5.92 Å². The van der Waals surface area contributed by atoms with E-state index in [2.05, 4.69) is 46.0 Å². The monoisotopic (exact) mass is 291 g/mol. The first-order valence-electron chi connectivity index (χ1n) is 5.87. The summed E-state index contributed by atoms with van der Waals surface area (Å²) in [7, 11) is 0. The highest BCUT2D eigenvalue weighted by Crippen LogP contribution is 2.30. The molecule has 1 aromatic heterocycles. The van der Waals surface area contributed by atoms with E-state index in [0.717, 1.165) is 29.6 Å². The van der Waals surface area contributed by atoms with Gasteiger partial charge >= 0.3 is 0 Å². The molecular formula is C14H14BrNO. The number of halogens is 1. The van der Waals surface area contributed by atoms with Crippen molar-refractivity contribution in [2.75, 3.05) is 13.2 Å². The molecule has 2 heterocycles. The summed E-state index contributed by atoms with van der Waals surface area (Å²) in [5.41, 5.74) is 3.58. The molecule has 1 aromatic carbocycles. The van der Waals surface area contributed by atoms with Gasteiger partial charge in [0.1, 0.15) is 0 Å². The van der Waals surface area contributed by atoms with E-state index in [1.54, 1.807) is 0 Å². The lowest BCUT2D eigenvalue weighted by atomic mass is 9.98. The van der Waals surface area contributed by atoms with Crippen molar-refractivity contribution in [3.05, 3.63) is 40.0 Å². The van der Waals surface area contributed by atoms with Crippen molar-refractivity contribution in [1.29, 1.82) is 0 Å².